The molecule has 4 nitrogen and oxygen atoms in total. The molecule has 1 aromatic carbocycles. The fourth-order valence-electron chi connectivity index (χ4n) is 1.49. The molecule has 0 amide bonds. The first-order valence-electron chi connectivity index (χ1n) is 4.94. The minimum Gasteiger partial charge on any atom is -0.321 e. The lowest BCUT2D eigenvalue weighted by molar-refractivity contribution is 0.671. The maximum absolute atomic E-state index is 6.00. The van der Waals surface area contributed by atoms with Gasteiger partial charge in [-0.1, -0.05) is 30.3 Å². The highest BCUT2D eigenvalue weighted by molar-refractivity contribution is 5.17. The van der Waals surface area contributed by atoms with E-state index in [0.29, 0.717) is 5.82 Å². The number of nitrogens with zero attached hydrogens (tertiary/aromatic N) is 2. The van der Waals surface area contributed by atoms with E-state index in [1.807, 2.05) is 25.1 Å². The quantitative estimate of drug-likeness (QED) is 0.789. The first-order valence-corrected chi connectivity index (χ1v) is 4.94. The van der Waals surface area contributed by atoms with Crippen LogP contribution in [0.3, 0.4) is 0 Å². The average molecular weight is 202 g/mol. The first kappa shape index (κ1) is 9.86. The van der Waals surface area contributed by atoms with E-state index in [1.54, 1.807) is 0 Å². The summed E-state index contributed by atoms with van der Waals surface area (Å²) in [5.41, 5.74) is 7.20. The highest BCUT2D eigenvalue weighted by atomic mass is 15.2. The van der Waals surface area contributed by atoms with Crippen LogP contribution in [0.1, 0.15) is 23.3 Å². The molecule has 0 aliphatic rings. The summed E-state index contributed by atoms with van der Waals surface area (Å²) in [5.74, 6) is 1.48. The molecule has 1 heterocycles. The Balaban J connectivity index is 2.07. The molecular formula is C11H14N4. The Kier molecular flexibility index (Phi) is 2.78. The lowest BCUT2D eigenvalue weighted by Gasteiger charge is -2.06. The fourth-order valence-corrected chi connectivity index (χ4v) is 1.49. The number of benzene rings is 1. The molecule has 0 saturated heterocycles. The number of hydrogen-bond donors (Lipinski definition) is 2. The molecule has 0 bridgehead atoms. The molecule has 1 atom stereocenters. The molecule has 0 saturated carbocycles. The standard InChI is InChI=1S/C11H14N4/c1-8-13-11(15-14-8)10(12)7-9-5-3-2-4-6-9/h2-6,10H,7,12H2,1H3,(H,13,14,15). The number of nitrogens with one attached hydrogen (secondary N) is 1. The molecule has 2 rings (SSSR count). The molecule has 15 heavy (non-hydrogen) atoms. The molecule has 1 unspecified atom stereocenters. The number of aromatic amines is 1. The zero-order valence-corrected chi connectivity index (χ0v) is 8.64. The van der Waals surface area contributed by atoms with Crippen molar-refractivity contribution in [2.75, 3.05) is 0 Å². The van der Waals surface area contributed by atoms with Crippen molar-refractivity contribution >= 4 is 0 Å². The van der Waals surface area contributed by atoms with Crippen LogP contribution in [0.2, 0.25) is 0 Å². The molecule has 0 aliphatic heterocycles. The van der Waals surface area contributed by atoms with Gasteiger partial charge in [-0.25, -0.2) is 4.98 Å². The third-order valence-corrected chi connectivity index (χ3v) is 2.24. The molecule has 4 heteroatoms. The van der Waals surface area contributed by atoms with Crippen LogP contribution in [0, 0.1) is 6.92 Å². The van der Waals surface area contributed by atoms with Crippen molar-refractivity contribution in [1.29, 1.82) is 0 Å². The SMILES string of the molecule is Cc1nc(C(N)Cc2ccccc2)n[nH]1. The van der Waals surface area contributed by atoms with Crippen LogP contribution in [-0.4, -0.2) is 15.2 Å². The largest absolute Gasteiger partial charge is 0.321 e. The molecule has 2 aromatic rings. The molecule has 0 aliphatic carbocycles. The van der Waals surface area contributed by atoms with Crippen LogP contribution in [0.15, 0.2) is 30.3 Å². The Bertz CT molecular complexity index is 421. The van der Waals surface area contributed by atoms with Crippen LogP contribution in [0.25, 0.3) is 0 Å². The Morgan fingerprint density at radius 2 is 2.07 bits per heavy atom. The third-order valence-electron chi connectivity index (χ3n) is 2.24. The third kappa shape index (κ3) is 2.41. The van der Waals surface area contributed by atoms with Crippen molar-refractivity contribution in [3.05, 3.63) is 47.5 Å². The van der Waals surface area contributed by atoms with Gasteiger partial charge in [0.25, 0.3) is 0 Å². The number of hydrogen-bond acceptors (Lipinski definition) is 3. The van der Waals surface area contributed by atoms with E-state index in [0.717, 1.165) is 12.2 Å². The molecule has 0 fully saturated rings. The van der Waals surface area contributed by atoms with Crippen molar-refractivity contribution in [2.24, 2.45) is 5.73 Å². The lowest BCUT2D eigenvalue weighted by Crippen LogP contribution is -2.15. The first-order chi connectivity index (χ1) is 7.25. The second-order valence-corrected chi connectivity index (χ2v) is 3.58. The number of H-pyrrole nitrogens is 1. The number of aromatic nitrogens is 3. The Morgan fingerprint density at radius 3 is 2.67 bits per heavy atom. The maximum Gasteiger partial charge on any atom is 0.167 e. The molecular weight excluding hydrogens is 188 g/mol. The Hall–Kier alpha value is -1.68. The monoisotopic (exact) mass is 202 g/mol. The predicted octanol–water partition coefficient (Wildman–Crippen LogP) is 1.36. The van der Waals surface area contributed by atoms with E-state index in [2.05, 4.69) is 27.3 Å². The minimum absolute atomic E-state index is 0.141. The average Bonchev–Trinajstić information content (AvgIpc) is 2.66. The van der Waals surface area contributed by atoms with Crippen LogP contribution < -0.4 is 5.73 Å². The van der Waals surface area contributed by atoms with Gasteiger partial charge in [0.1, 0.15) is 5.82 Å². The van der Waals surface area contributed by atoms with Gasteiger partial charge in [0.05, 0.1) is 6.04 Å². The van der Waals surface area contributed by atoms with Gasteiger partial charge in [-0.2, -0.15) is 5.10 Å². The van der Waals surface area contributed by atoms with Crippen molar-refractivity contribution < 1.29 is 0 Å². The highest BCUT2D eigenvalue weighted by Crippen LogP contribution is 2.11. The van der Waals surface area contributed by atoms with Crippen molar-refractivity contribution in [1.82, 2.24) is 15.2 Å². The van der Waals surface area contributed by atoms with Gasteiger partial charge < -0.3 is 5.73 Å². The summed E-state index contributed by atoms with van der Waals surface area (Å²) in [6.45, 7) is 1.87. The van der Waals surface area contributed by atoms with E-state index in [9.17, 15) is 0 Å². The Morgan fingerprint density at radius 1 is 1.33 bits per heavy atom. The van der Waals surface area contributed by atoms with E-state index in [1.165, 1.54) is 5.56 Å². The summed E-state index contributed by atoms with van der Waals surface area (Å²) >= 11 is 0. The van der Waals surface area contributed by atoms with Crippen LogP contribution in [0.4, 0.5) is 0 Å². The van der Waals surface area contributed by atoms with Gasteiger partial charge in [0, 0.05) is 0 Å². The second-order valence-electron chi connectivity index (χ2n) is 3.58. The fraction of sp³-hybridized carbons (Fsp3) is 0.273. The molecule has 78 valence electrons. The van der Waals surface area contributed by atoms with Gasteiger partial charge >= 0.3 is 0 Å². The normalized spacial score (nSPS) is 12.7. The number of aryl methyl sites for hydroxylation is 1. The summed E-state index contributed by atoms with van der Waals surface area (Å²) < 4.78 is 0. The summed E-state index contributed by atoms with van der Waals surface area (Å²) in [6.07, 6.45) is 0.762. The minimum atomic E-state index is -0.141. The summed E-state index contributed by atoms with van der Waals surface area (Å²) in [5, 5.41) is 6.84. The van der Waals surface area contributed by atoms with E-state index >= 15 is 0 Å². The van der Waals surface area contributed by atoms with Crippen molar-refractivity contribution in [3.8, 4) is 0 Å². The number of rotatable bonds is 3. The summed E-state index contributed by atoms with van der Waals surface area (Å²) in [6, 6.07) is 9.97. The Labute approximate surface area is 88.5 Å². The van der Waals surface area contributed by atoms with Crippen LogP contribution >= 0.6 is 0 Å². The topological polar surface area (TPSA) is 67.6 Å². The van der Waals surface area contributed by atoms with Gasteiger partial charge in [-0.05, 0) is 18.9 Å². The zero-order valence-electron chi connectivity index (χ0n) is 8.64. The highest BCUT2D eigenvalue weighted by Gasteiger charge is 2.11. The maximum atomic E-state index is 6.00. The lowest BCUT2D eigenvalue weighted by atomic mass is 10.1. The molecule has 1 aromatic heterocycles. The van der Waals surface area contributed by atoms with Crippen molar-refractivity contribution in [2.45, 2.75) is 19.4 Å². The molecule has 0 radical (unpaired) electrons. The predicted molar refractivity (Wildman–Crippen MR) is 58.2 cm³/mol. The van der Waals surface area contributed by atoms with E-state index in [-0.39, 0.29) is 6.04 Å². The zero-order chi connectivity index (χ0) is 10.7. The van der Waals surface area contributed by atoms with E-state index in [4.69, 9.17) is 5.73 Å². The summed E-state index contributed by atoms with van der Waals surface area (Å²) in [7, 11) is 0. The van der Waals surface area contributed by atoms with Crippen LogP contribution in [0.5, 0.6) is 0 Å². The second kappa shape index (κ2) is 4.23. The van der Waals surface area contributed by atoms with Crippen molar-refractivity contribution in [3.63, 3.8) is 0 Å². The van der Waals surface area contributed by atoms with Gasteiger partial charge in [0.2, 0.25) is 0 Å². The smallest absolute Gasteiger partial charge is 0.167 e. The van der Waals surface area contributed by atoms with Gasteiger partial charge in [-0.3, -0.25) is 5.10 Å². The van der Waals surface area contributed by atoms with E-state index < -0.39 is 0 Å². The van der Waals surface area contributed by atoms with Gasteiger partial charge in [-0.15, -0.1) is 0 Å². The summed E-state index contributed by atoms with van der Waals surface area (Å²) in [4.78, 5) is 4.22. The van der Waals surface area contributed by atoms with Crippen LogP contribution in [-0.2, 0) is 6.42 Å². The molecule has 3 N–H and O–H groups in total. The number of nitrogens with two attached hydrogens (primary N) is 1. The van der Waals surface area contributed by atoms with Gasteiger partial charge in [0.15, 0.2) is 5.82 Å². The molecule has 0 spiro atoms.